The van der Waals surface area contributed by atoms with Gasteiger partial charge in [-0.1, -0.05) is 17.2 Å². The molecule has 1 aliphatic rings. The molecule has 2 heteroatoms. The number of allylic oxidation sites excluding steroid dienone is 3. The van der Waals surface area contributed by atoms with E-state index in [1.807, 2.05) is 6.08 Å². The Labute approximate surface area is 92.0 Å². The lowest BCUT2D eigenvalue weighted by Gasteiger charge is -2.12. The summed E-state index contributed by atoms with van der Waals surface area (Å²) >= 11 is 0. The van der Waals surface area contributed by atoms with Gasteiger partial charge in [-0.2, -0.15) is 0 Å². The maximum Gasteiger partial charge on any atom is 0.302 e. The van der Waals surface area contributed by atoms with E-state index in [4.69, 9.17) is 4.74 Å². The number of ether oxygens (including phenoxy) is 1. The van der Waals surface area contributed by atoms with E-state index in [2.05, 4.69) is 13.0 Å². The number of esters is 1. The molecule has 0 aliphatic heterocycles. The van der Waals surface area contributed by atoms with E-state index in [-0.39, 0.29) is 5.97 Å². The molecular formula is C13H20O2. The van der Waals surface area contributed by atoms with Gasteiger partial charge in [0, 0.05) is 6.92 Å². The molecule has 0 aromatic heterocycles. The Morgan fingerprint density at radius 2 is 2.27 bits per heavy atom. The van der Waals surface area contributed by atoms with Gasteiger partial charge in [0.15, 0.2) is 0 Å². The Bertz CT molecular complexity index is 274. The van der Waals surface area contributed by atoms with Crippen molar-refractivity contribution >= 4 is 5.97 Å². The first-order valence-electron chi connectivity index (χ1n) is 5.65. The fourth-order valence-corrected chi connectivity index (χ4v) is 1.80. The van der Waals surface area contributed by atoms with Crippen molar-refractivity contribution in [2.75, 3.05) is 6.61 Å². The fourth-order valence-electron chi connectivity index (χ4n) is 1.80. The predicted octanol–water partition coefficient (Wildman–Crippen LogP) is 3.39. The van der Waals surface area contributed by atoms with Crippen molar-refractivity contribution in [3.05, 3.63) is 23.3 Å². The molecule has 0 atom stereocenters. The van der Waals surface area contributed by atoms with Crippen LogP contribution in [0.5, 0.6) is 0 Å². The molecule has 0 unspecified atom stereocenters. The third kappa shape index (κ3) is 5.40. The summed E-state index contributed by atoms with van der Waals surface area (Å²) in [5, 5.41) is 0. The van der Waals surface area contributed by atoms with Crippen LogP contribution in [0.2, 0.25) is 0 Å². The standard InChI is InChI=1S/C13H20O2/c1-11(8-9-15-12(2)14)10-13-6-4-3-5-7-13/h6,8H,3-5,7,9-10H2,1-2H3/b11-8+. The van der Waals surface area contributed by atoms with Gasteiger partial charge >= 0.3 is 5.97 Å². The third-order valence-corrected chi connectivity index (χ3v) is 2.61. The number of carbonyl (C=O) groups excluding carboxylic acids is 1. The van der Waals surface area contributed by atoms with Crippen LogP contribution in [-0.4, -0.2) is 12.6 Å². The Hall–Kier alpha value is -1.05. The van der Waals surface area contributed by atoms with Crippen LogP contribution < -0.4 is 0 Å². The lowest BCUT2D eigenvalue weighted by molar-refractivity contribution is -0.139. The molecule has 0 N–H and O–H groups in total. The Balaban J connectivity index is 2.30. The van der Waals surface area contributed by atoms with Gasteiger partial charge in [0.25, 0.3) is 0 Å². The second-order valence-electron chi connectivity index (χ2n) is 4.14. The summed E-state index contributed by atoms with van der Waals surface area (Å²) < 4.78 is 4.87. The topological polar surface area (TPSA) is 26.3 Å². The van der Waals surface area contributed by atoms with Gasteiger partial charge in [-0.05, 0) is 45.1 Å². The highest BCUT2D eigenvalue weighted by atomic mass is 16.5. The van der Waals surface area contributed by atoms with Crippen molar-refractivity contribution in [2.45, 2.75) is 46.0 Å². The Kier molecular flexibility index (Phi) is 5.16. The summed E-state index contributed by atoms with van der Waals surface area (Å²) in [6, 6.07) is 0. The predicted molar refractivity (Wildman–Crippen MR) is 61.6 cm³/mol. The molecule has 0 fully saturated rings. The molecule has 0 radical (unpaired) electrons. The van der Waals surface area contributed by atoms with Gasteiger partial charge in [-0.25, -0.2) is 0 Å². The SMILES string of the molecule is CC(=O)OC/C=C(\C)CC1=CCCCC1. The van der Waals surface area contributed by atoms with Gasteiger partial charge in [0.2, 0.25) is 0 Å². The fraction of sp³-hybridized carbons (Fsp3) is 0.615. The molecule has 15 heavy (non-hydrogen) atoms. The highest BCUT2D eigenvalue weighted by Gasteiger charge is 2.03. The monoisotopic (exact) mass is 208 g/mol. The van der Waals surface area contributed by atoms with Crippen molar-refractivity contribution in [1.29, 1.82) is 0 Å². The quantitative estimate of drug-likeness (QED) is 0.523. The summed E-state index contributed by atoms with van der Waals surface area (Å²) in [5.41, 5.74) is 2.84. The maximum atomic E-state index is 10.6. The van der Waals surface area contributed by atoms with Gasteiger partial charge < -0.3 is 4.74 Å². The molecule has 1 rings (SSSR count). The zero-order valence-corrected chi connectivity index (χ0v) is 9.71. The van der Waals surface area contributed by atoms with Gasteiger partial charge in [-0.3, -0.25) is 4.79 Å². The normalized spacial score (nSPS) is 17.2. The summed E-state index contributed by atoms with van der Waals surface area (Å²) in [6.45, 7) is 3.94. The minimum absolute atomic E-state index is 0.212. The molecule has 0 saturated heterocycles. The number of hydrogen-bond acceptors (Lipinski definition) is 2. The van der Waals surface area contributed by atoms with E-state index >= 15 is 0 Å². The first kappa shape index (κ1) is 12.0. The van der Waals surface area contributed by atoms with Crippen molar-refractivity contribution in [2.24, 2.45) is 0 Å². The first-order chi connectivity index (χ1) is 7.18. The second kappa shape index (κ2) is 6.44. The van der Waals surface area contributed by atoms with Gasteiger partial charge in [0.05, 0.1) is 0 Å². The second-order valence-corrected chi connectivity index (χ2v) is 4.14. The molecule has 0 aromatic rings. The molecule has 2 nitrogen and oxygen atoms in total. The van der Waals surface area contributed by atoms with Crippen molar-refractivity contribution in [1.82, 2.24) is 0 Å². The minimum Gasteiger partial charge on any atom is -0.462 e. The van der Waals surface area contributed by atoms with E-state index in [1.54, 1.807) is 0 Å². The van der Waals surface area contributed by atoms with Crippen LogP contribution in [0.25, 0.3) is 0 Å². The molecule has 0 saturated carbocycles. The summed E-state index contributed by atoms with van der Waals surface area (Å²) in [7, 11) is 0. The lowest BCUT2D eigenvalue weighted by Crippen LogP contribution is -1.99. The van der Waals surface area contributed by atoms with Gasteiger partial charge in [-0.15, -0.1) is 0 Å². The lowest BCUT2D eigenvalue weighted by atomic mass is 9.94. The first-order valence-corrected chi connectivity index (χ1v) is 5.65. The summed E-state index contributed by atoms with van der Waals surface area (Å²) in [4.78, 5) is 10.6. The van der Waals surface area contributed by atoms with Crippen molar-refractivity contribution < 1.29 is 9.53 Å². The molecule has 0 bridgehead atoms. The van der Waals surface area contributed by atoms with Crippen LogP contribution in [-0.2, 0) is 9.53 Å². The number of carbonyl (C=O) groups is 1. The van der Waals surface area contributed by atoms with Crippen LogP contribution in [0.3, 0.4) is 0 Å². The number of hydrogen-bond donors (Lipinski definition) is 0. The Morgan fingerprint density at radius 1 is 1.47 bits per heavy atom. The van der Waals surface area contributed by atoms with Crippen LogP contribution in [0.1, 0.15) is 46.0 Å². The zero-order valence-electron chi connectivity index (χ0n) is 9.71. The third-order valence-electron chi connectivity index (χ3n) is 2.61. The van der Waals surface area contributed by atoms with E-state index in [0.717, 1.165) is 6.42 Å². The zero-order chi connectivity index (χ0) is 11.1. The van der Waals surface area contributed by atoms with Crippen LogP contribution in [0.4, 0.5) is 0 Å². The van der Waals surface area contributed by atoms with Gasteiger partial charge in [0.1, 0.15) is 6.61 Å². The van der Waals surface area contributed by atoms with Crippen molar-refractivity contribution in [3.63, 3.8) is 0 Å². The molecule has 0 heterocycles. The maximum absolute atomic E-state index is 10.6. The highest BCUT2D eigenvalue weighted by molar-refractivity contribution is 5.66. The summed E-state index contributed by atoms with van der Waals surface area (Å²) in [5.74, 6) is -0.212. The Morgan fingerprint density at radius 3 is 2.87 bits per heavy atom. The average molecular weight is 208 g/mol. The van der Waals surface area contributed by atoms with E-state index in [1.165, 1.54) is 43.8 Å². The largest absolute Gasteiger partial charge is 0.462 e. The number of rotatable bonds is 4. The van der Waals surface area contributed by atoms with E-state index in [9.17, 15) is 4.79 Å². The van der Waals surface area contributed by atoms with Crippen LogP contribution in [0, 0.1) is 0 Å². The van der Waals surface area contributed by atoms with Crippen LogP contribution >= 0.6 is 0 Å². The van der Waals surface area contributed by atoms with Crippen molar-refractivity contribution in [3.8, 4) is 0 Å². The molecule has 0 aromatic carbocycles. The highest BCUT2D eigenvalue weighted by Crippen LogP contribution is 2.22. The van der Waals surface area contributed by atoms with E-state index < -0.39 is 0 Å². The smallest absolute Gasteiger partial charge is 0.302 e. The minimum atomic E-state index is -0.212. The molecule has 0 spiro atoms. The molecule has 84 valence electrons. The molecule has 0 amide bonds. The summed E-state index contributed by atoms with van der Waals surface area (Å²) in [6.07, 6.45) is 10.5. The average Bonchev–Trinajstić information content (AvgIpc) is 2.18. The molecular weight excluding hydrogens is 188 g/mol. The molecule has 1 aliphatic carbocycles. The van der Waals surface area contributed by atoms with E-state index in [0.29, 0.717) is 6.61 Å². The van der Waals surface area contributed by atoms with Crippen LogP contribution in [0.15, 0.2) is 23.3 Å².